The minimum absolute atomic E-state index is 0.356. The molecule has 3 aromatic rings. The highest BCUT2D eigenvalue weighted by molar-refractivity contribution is 7.19. The second-order valence-electron chi connectivity index (χ2n) is 3.77. The van der Waals surface area contributed by atoms with Gasteiger partial charge in [0.15, 0.2) is 0 Å². The zero-order valence-corrected chi connectivity index (χ0v) is 10.8. The third kappa shape index (κ3) is 2.10. The van der Waals surface area contributed by atoms with Gasteiger partial charge in [-0.25, -0.2) is 0 Å². The first-order valence-electron chi connectivity index (χ1n) is 5.49. The van der Waals surface area contributed by atoms with Crippen molar-refractivity contribution in [2.75, 3.05) is 0 Å². The SMILES string of the molecule is O/N=C/c1ccc(-c2nn3c(/C=N/O)nnc3s2)cc1. The summed E-state index contributed by atoms with van der Waals surface area (Å²) in [6.07, 6.45) is 2.52. The van der Waals surface area contributed by atoms with Crippen LogP contribution in [0.2, 0.25) is 0 Å². The Bertz CT molecular complexity index is 789. The number of aromatic nitrogens is 4. The monoisotopic (exact) mass is 288 g/mol. The Hall–Kier alpha value is -2.81. The van der Waals surface area contributed by atoms with E-state index in [2.05, 4.69) is 25.6 Å². The van der Waals surface area contributed by atoms with Crippen LogP contribution in [-0.2, 0) is 0 Å². The van der Waals surface area contributed by atoms with E-state index in [0.29, 0.717) is 10.8 Å². The Morgan fingerprint density at radius 3 is 2.50 bits per heavy atom. The molecule has 2 aromatic heterocycles. The van der Waals surface area contributed by atoms with Gasteiger partial charge in [-0.3, -0.25) is 0 Å². The average molecular weight is 288 g/mol. The molecule has 1 aromatic carbocycles. The second kappa shape index (κ2) is 5.05. The van der Waals surface area contributed by atoms with Gasteiger partial charge in [0, 0.05) is 5.56 Å². The molecule has 0 aliphatic heterocycles. The van der Waals surface area contributed by atoms with Crippen LogP contribution in [0, 0.1) is 0 Å². The van der Waals surface area contributed by atoms with Crippen LogP contribution in [0.1, 0.15) is 11.4 Å². The van der Waals surface area contributed by atoms with E-state index in [4.69, 9.17) is 10.4 Å². The molecule has 3 rings (SSSR count). The molecule has 0 unspecified atom stereocenters. The number of nitrogens with zero attached hydrogens (tertiary/aromatic N) is 6. The van der Waals surface area contributed by atoms with E-state index >= 15 is 0 Å². The summed E-state index contributed by atoms with van der Waals surface area (Å²) in [4.78, 5) is 0.607. The lowest BCUT2D eigenvalue weighted by molar-refractivity contribution is 0.321. The Labute approximate surface area is 116 Å². The lowest BCUT2D eigenvalue weighted by Crippen LogP contribution is -1.94. The first-order valence-corrected chi connectivity index (χ1v) is 6.31. The first-order chi connectivity index (χ1) is 9.81. The minimum Gasteiger partial charge on any atom is -0.411 e. The Morgan fingerprint density at radius 2 is 1.80 bits per heavy atom. The molecule has 0 fully saturated rings. The maximum absolute atomic E-state index is 8.53. The van der Waals surface area contributed by atoms with Crippen molar-refractivity contribution < 1.29 is 10.4 Å². The van der Waals surface area contributed by atoms with Crippen molar-refractivity contribution >= 4 is 28.7 Å². The number of oxime groups is 2. The summed E-state index contributed by atoms with van der Waals surface area (Å²) < 4.78 is 1.50. The smallest absolute Gasteiger partial charge is 0.235 e. The van der Waals surface area contributed by atoms with Gasteiger partial charge in [-0.1, -0.05) is 45.9 Å². The fourth-order valence-electron chi connectivity index (χ4n) is 1.66. The molecule has 0 saturated heterocycles. The number of hydrogen-bond donors (Lipinski definition) is 2. The van der Waals surface area contributed by atoms with Crippen LogP contribution in [-0.4, -0.2) is 42.7 Å². The van der Waals surface area contributed by atoms with Crippen molar-refractivity contribution in [2.24, 2.45) is 10.3 Å². The number of hydrogen-bond acceptors (Lipinski definition) is 8. The maximum atomic E-state index is 8.53. The van der Waals surface area contributed by atoms with Crippen molar-refractivity contribution in [2.45, 2.75) is 0 Å². The molecule has 8 nitrogen and oxygen atoms in total. The molecule has 0 radical (unpaired) electrons. The van der Waals surface area contributed by atoms with E-state index in [1.807, 2.05) is 24.3 Å². The lowest BCUT2D eigenvalue weighted by atomic mass is 10.1. The maximum Gasteiger partial charge on any atom is 0.235 e. The second-order valence-corrected chi connectivity index (χ2v) is 4.73. The third-order valence-electron chi connectivity index (χ3n) is 2.55. The molecule has 2 heterocycles. The van der Waals surface area contributed by atoms with E-state index < -0.39 is 0 Å². The molecule has 20 heavy (non-hydrogen) atoms. The summed E-state index contributed by atoms with van der Waals surface area (Å²) in [5.41, 5.74) is 1.69. The highest BCUT2D eigenvalue weighted by Gasteiger charge is 2.11. The van der Waals surface area contributed by atoms with Gasteiger partial charge in [-0.05, 0) is 5.56 Å². The number of fused-ring (bicyclic) bond motifs is 1. The Morgan fingerprint density at radius 1 is 1.05 bits per heavy atom. The summed E-state index contributed by atoms with van der Waals surface area (Å²) in [7, 11) is 0. The van der Waals surface area contributed by atoms with Gasteiger partial charge < -0.3 is 10.4 Å². The van der Waals surface area contributed by atoms with Crippen LogP contribution >= 0.6 is 11.3 Å². The minimum atomic E-state index is 0.356. The highest BCUT2D eigenvalue weighted by Crippen LogP contribution is 2.25. The van der Waals surface area contributed by atoms with E-state index in [-0.39, 0.29) is 0 Å². The summed E-state index contributed by atoms with van der Waals surface area (Å²) in [5.74, 6) is 0.356. The number of rotatable bonds is 3. The van der Waals surface area contributed by atoms with Crippen molar-refractivity contribution in [3.05, 3.63) is 35.7 Å². The molecule has 2 N–H and O–H groups in total. The van der Waals surface area contributed by atoms with Crippen molar-refractivity contribution in [1.82, 2.24) is 19.8 Å². The van der Waals surface area contributed by atoms with Crippen LogP contribution in [0.3, 0.4) is 0 Å². The molecule has 9 heteroatoms. The van der Waals surface area contributed by atoms with Crippen LogP contribution in [0.4, 0.5) is 0 Å². The van der Waals surface area contributed by atoms with Crippen molar-refractivity contribution in [1.29, 1.82) is 0 Å². The van der Waals surface area contributed by atoms with Gasteiger partial charge in [0.1, 0.15) is 11.2 Å². The molecule has 0 bridgehead atoms. The summed E-state index contributed by atoms with van der Waals surface area (Å²) in [6.45, 7) is 0. The van der Waals surface area contributed by atoms with Crippen molar-refractivity contribution in [3.8, 4) is 10.6 Å². The normalized spacial score (nSPS) is 12.0. The molecule has 0 aliphatic rings. The zero-order chi connectivity index (χ0) is 13.9. The van der Waals surface area contributed by atoms with Gasteiger partial charge in [0.2, 0.25) is 10.8 Å². The van der Waals surface area contributed by atoms with Crippen LogP contribution in [0.25, 0.3) is 15.5 Å². The van der Waals surface area contributed by atoms with Gasteiger partial charge in [-0.15, -0.1) is 10.2 Å². The zero-order valence-electron chi connectivity index (χ0n) is 9.95. The molecule has 0 saturated carbocycles. The quantitative estimate of drug-likeness (QED) is 0.431. The lowest BCUT2D eigenvalue weighted by Gasteiger charge is -1.96. The predicted molar refractivity (Wildman–Crippen MR) is 72.9 cm³/mol. The molecule has 0 amide bonds. The van der Waals surface area contributed by atoms with E-state index in [0.717, 1.165) is 16.1 Å². The largest absolute Gasteiger partial charge is 0.411 e. The van der Waals surface area contributed by atoms with E-state index in [9.17, 15) is 0 Å². The fraction of sp³-hybridized carbons (Fsp3) is 0. The Balaban J connectivity index is 2.01. The predicted octanol–water partition coefficient (Wildman–Crippen LogP) is 1.47. The first kappa shape index (κ1) is 12.2. The van der Waals surface area contributed by atoms with Crippen LogP contribution < -0.4 is 0 Å². The van der Waals surface area contributed by atoms with Crippen molar-refractivity contribution in [3.63, 3.8) is 0 Å². The fourth-order valence-corrected chi connectivity index (χ4v) is 2.51. The molecule has 0 atom stereocenters. The third-order valence-corrected chi connectivity index (χ3v) is 3.50. The summed E-state index contributed by atoms with van der Waals surface area (Å²) in [6, 6.07) is 7.35. The van der Waals surface area contributed by atoms with Gasteiger partial charge in [0.05, 0.1) is 6.21 Å². The summed E-state index contributed by atoms with van der Waals surface area (Å²) >= 11 is 1.37. The molecular formula is C11H8N6O2S. The standard InChI is InChI=1S/C11H8N6O2S/c18-12-5-7-1-3-8(4-2-7)10-16-17-9(6-13-19)14-15-11(17)20-10/h1-6,18-19H/b12-5+,13-6+. The number of benzene rings is 1. The average Bonchev–Trinajstić information content (AvgIpc) is 3.02. The topological polar surface area (TPSA) is 108 Å². The van der Waals surface area contributed by atoms with Crippen LogP contribution in [0.15, 0.2) is 34.6 Å². The molecule has 0 spiro atoms. The van der Waals surface area contributed by atoms with Gasteiger partial charge in [0.25, 0.3) is 0 Å². The van der Waals surface area contributed by atoms with Gasteiger partial charge >= 0.3 is 0 Å². The summed E-state index contributed by atoms with van der Waals surface area (Å²) in [5, 5.41) is 35.8. The van der Waals surface area contributed by atoms with E-state index in [1.54, 1.807) is 0 Å². The van der Waals surface area contributed by atoms with E-state index in [1.165, 1.54) is 28.3 Å². The van der Waals surface area contributed by atoms with Gasteiger partial charge in [-0.2, -0.15) is 9.61 Å². The highest BCUT2D eigenvalue weighted by atomic mass is 32.1. The molecular weight excluding hydrogens is 280 g/mol. The molecule has 100 valence electrons. The van der Waals surface area contributed by atoms with Crippen LogP contribution in [0.5, 0.6) is 0 Å². The molecule has 0 aliphatic carbocycles. The Kier molecular flexibility index (Phi) is 3.09.